The first kappa shape index (κ1) is 15.9. The molecular formula is C18H16N6O2. The summed E-state index contributed by atoms with van der Waals surface area (Å²) >= 11 is 0. The van der Waals surface area contributed by atoms with Crippen molar-refractivity contribution in [3.8, 4) is 11.5 Å². The molecule has 0 bridgehead atoms. The van der Waals surface area contributed by atoms with E-state index in [0.717, 1.165) is 16.7 Å². The van der Waals surface area contributed by atoms with Crippen molar-refractivity contribution in [1.29, 1.82) is 0 Å². The van der Waals surface area contributed by atoms with Gasteiger partial charge in [-0.15, -0.1) is 10.2 Å². The maximum Gasteiger partial charge on any atom is 0.252 e. The van der Waals surface area contributed by atoms with E-state index in [9.17, 15) is 4.79 Å². The number of para-hydroxylation sites is 1. The van der Waals surface area contributed by atoms with Crippen LogP contribution in [-0.4, -0.2) is 31.5 Å². The van der Waals surface area contributed by atoms with Crippen LogP contribution >= 0.6 is 0 Å². The molecule has 2 N–H and O–H groups in total. The highest BCUT2D eigenvalue weighted by atomic mass is 16.3. The maximum atomic E-state index is 12.9. The number of H-pyrrole nitrogens is 1. The standard InChI is InChI=1S/C18H16N6O2/c1-10-7-8-16(26-10)15-9-13(12-5-3-4-6-14(12)20-15)18(25)19-11(2)17-21-23-24-22-17/h3-9,11H,1-2H3,(H,19,25)(H,21,22,23,24). The Morgan fingerprint density at radius 3 is 2.81 bits per heavy atom. The third kappa shape index (κ3) is 2.92. The molecule has 3 heterocycles. The lowest BCUT2D eigenvalue weighted by atomic mass is 10.1. The minimum atomic E-state index is -0.387. The molecule has 1 amide bonds. The summed E-state index contributed by atoms with van der Waals surface area (Å²) in [7, 11) is 0. The second kappa shape index (κ2) is 6.40. The highest BCUT2D eigenvalue weighted by Crippen LogP contribution is 2.26. The molecule has 0 aliphatic heterocycles. The van der Waals surface area contributed by atoms with E-state index in [4.69, 9.17) is 4.42 Å². The first-order valence-corrected chi connectivity index (χ1v) is 8.12. The number of tetrazole rings is 1. The molecule has 1 aromatic carbocycles. The molecule has 4 aromatic rings. The van der Waals surface area contributed by atoms with Crippen LogP contribution in [0.5, 0.6) is 0 Å². The summed E-state index contributed by atoms with van der Waals surface area (Å²) in [6.45, 7) is 3.66. The van der Waals surface area contributed by atoms with Gasteiger partial charge in [0.05, 0.1) is 17.1 Å². The molecule has 8 nitrogen and oxygen atoms in total. The molecule has 0 aliphatic carbocycles. The van der Waals surface area contributed by atoms with E-state index in [1.165, 1.54) is 0 Å². The Bertz CT molecular complexity index is 1070. The van der Waals surface area contributed by atoms with Gasteiger partial charge in [-0.2, -0.15) is 5.21 Å². The number of fused-ring (bicyclic) bond motifs is 1. The lowest BCUT2D eigenvalue weighted by molar-refractivity contribution is 0.0940. The predicted octanol–water partition coefficient (Wildman–Crippen LogP) is 2.81. The van der Waals surface area contributed by atoms with Gasteiger partial charge < -0.3 is 9.73 Å². The number of rotatable bonds is 4. The fourth-order valence-electron chi connectivity index (χ4n) is 2.75. The van der Waals surface area contributed by atoms with E-state index >= 15 is 0 Å². The summed E-state index contributed by atoms with van der Waals surface area (Å²) in [5.74, 6) is 1.57. The van der Waals surface area contributed by atoms with E-state index < -0.39 is 0 Å². The van der Waals surface area contributed by atoms with E-state index in [-0.39, 0.29) is 11.9 Å². The van der Waals surface area contributed by atoms with Crippen molar-refractivity contribution in [2.75, 3.05) is 0 Å². The third-order valence-electron chi connectivity index (χ3n) is 4.05. The Kier molecular flexibility index (Phi) is 3.92. The molecule has 0 spiro atoms. The molecule has 3 aromatic heterocycles. The Labute approximate surface area is 148 Å². The first-order chi connectivity index (χ1) is 12.6. The highest BCUT2D eigenvalue weighted by molar-refractivity contribution is 6.07. The fraction of sp³-hybridized carbons (Fsp3) is 0.167. The molecule has 1 unspecified atom stereocenters. The first-order valence-electron chi connectivity index (χ1n) is 8.12. The summed E-state index contributed by atoms with van der Waals surface area (Å²) < 4.78 is 5.67. The van der Waals surface area contributed by atoms with E-state index in [1.54, 1.807) is 13.0 Å². The molecule has 0 radical (unpaired) electrons. The van der Waals surface area contributed by atoms with Crippen molar-refractivity contribution in [1.82, 2.24) is 30.9 Å². The van der Waals surface area contributed by atoms with E-state index in [2.05, 4.69) is 30.9 Å². The number of aryl methyl sites for hydroxylation is 1. The highest BCUT2D eigenvalue weighted by Gasteiger charge is 2.19. The topological polar surface area (TPSA) is 110 Å². The predicted molar refractivity (Wildman–Crippen MR) is 94.2 cm³/mol. The Morgan fingerprint density at radius 1 is 1.23 bits per heavy atom. The van der Waals surface area contributed by atoms with Crippen LogP contribution in [0.25, 0.3) is 22.4 Å². The van der Waals surface area contributed by atoms with Crippen LogP contribution in [0.3, 0.4) is 0 Å². The Hall–Kier alpha value is -3.55. The van der Waals surface area contributed by atoms with Gasteiger partial charge >= 0.3 is 0 Å². The number of carbonyl (C=O) groups is 1. The number of aromatic amines is 1. The monoisotopic (exact) mass is 348 g/mol. The normalized spacial score (nSPS) is 12.2. The van der Waals surface area contributed by atoms with Gasteiger partial charge in [0.25, 0.3) is 5.91 Å². The Balaban J connectivity index is 1.76. The minimum Gasteiger partial charge on any atom is -0.460 e. The summed E-state index contributed by atoms with van der Waals surface area (Å²) in [5, 5.41) is 17.4. The number of aromatic nitrogens is 5. The van der Waals surface area contributed by atoms with Crippen LogP contribution in [0.15, 0.2) is 46.9 Å². The van der Waals surface area contributed by atoms with Crippen molar-refractivity contribution in [3.05, 3.63) is 59.6 Å². The average Bonchev–Trinajstić information content (AvgIpc) is 3.32. The van der Waals surface area contributed by atoms with Crippen molar-refractivity contribution < 1.29 is 9.21 Å². The van der Waals surface area contributed by atoms with Crippen molar-refractivity contribution in [2.24, 2.45) is 0 Å². The fourth-order valence-corrected chi connectivity index (χ4v) is 2.75. The summed E-state index contributed by atoms with van der Waals surface area (Å²) in [5.41, 5.74) is 1.83. The number of amides is 1. The number of hydrogen-bond acceptors (Lipinski definition) is 6. The number of carbonyl (C=O) groups excluding carboxylic acids is 1. The number of benzene rings is 1. The molecule has 1 atom stereocenters. The smallest absolute Gasteiger partial charge is 0.252 e. The molecule has 0 aliphatic rings. The number of furan rings is 1. The zero-order valence-corrected chi connectivity index (χ0v) is 14.2. The van der Waals surface area contributed by atoms with Gasteiger partial charge in [-0.05, 0) is 38.1 Å². The summed E-state index contributed by atoms with van der Waals surface area (Å²) in [6.07, 6.45) is 0. The zero-order chi connectivity index (χ0) is 18.1. The van der Waals surface area contributed by atoms with Crippen LogP contribution in [0.2, 0.25) is 0 Å². The summed E-state index contributed by atoms with van der Waals surface area (Å²) in [4.78, 5) is 17.5. The average molecular weight is 348 g/mol. The van der Waals surface area contributed by atoms with Crippen LogP contribution in [-0.2, 0) is 0 Å². The number of nitrogens with zero attached hydrogens (tertiary/aromatic N) is 4. The van der Waals surface area contributed by atoms with E-state index in [0.29, 0.717) is 22.8 Å². The molecular weight excluding hydrogens is 332 g/mol. The molecule has 0 saturated heterocycles. The van der Waals surface area contributed by atoms with Gasteiger partial charge in [0.1, 0.15) is 11.5 Å². The van der Waals surface area contributed by atoms with Crippen LogP contribution in [0.1, 0.15) is 34.9 Å². The van der Waals surface area contributed by atoms with Crippen molar-refractivity contribution in [2.45, 2.75) is 19.9 Å². The number of nitrogens with one attached hydrogen (secondary N) is 2. The number of pyridine rings is 1. The van der Waals surface area contributed by atoms with Gasteiger partial charge in [0, 0.05) is 5.39 Å². The van der Waals surface area contributed by atoms with E-state index in [1.807, 2.05) is 43.3 Å². The largest absolute Gasteiger partial charge is 0.460 e. The summed E-state index contributed by atoms with van der Waals surface area (Å²) in [6, 6.07) is 12.6. The van der Waals surface area contributed by atoms with Crippen molar-refractivity contribution >= 4 is 16.8 Å². The van der Waals surface area contributed by atoms with Gasteiger partial charge in [0.2, 0.25) is 0 Å². The van der Waals surface area contributed by atoms with Crippen LogP contribution in [0, 0.1) is 6.92 Å². The zero-order valence-electron chi connectivity index (χ0n) is 14.2. The lowest BCUT2D eigenvalue weighted by Gasteiger charge is -2.12. The molecule has 26 heavy (non-hydrogen) atoms. The van der Waals surface area contributed by atoms with Gasteiger partial charge in [-0.1, -0.05) is 23.4 Å². The maximum absolute atomic E-state index is 12.9. The SMILES string of the molecule is Cc1ccc(-c2cc(C(=O)NC(C)c3nn[nH]n3)c3ccccc3n2)o1. The van der Waals surface area contributed by atoms with Crippen LogP contribution < -0.4 is 5.32 Å². The van der Waals surface area contributed by atoms with Crippen molar-refractivity contribution in [3.63, 3.8) is 0 Å². The minimum absolute atomic E-state index is 0.245. The Morgan fingerprint density at radius 2 is 2.08 bits per heavy atom. The second-order valence-corrected chi connectivity index (χ2v) is 5.95. The van der Waals surface area contributed by atoms with Gasteiger partial charge in [-0.3, -0.25) is 4.79 Å². The van der Waals surface area contributed by atoms with Gasteiger partial charge in [-0.25, -0.2) is 4.98 Å². The molecule has 0 fully saturated rings. The quantitative estimate of drug-likeness (QED) is 0.587. The third-order valence-corrected chi connectivity index (χ3v) is 4.05. The molecule has 0 saturated carbocycles. The molecule has 4 rings (SSSR count). The molecule has 130 valence electrons. The number of hydrogen-bond donors (Lipinski definition) is 2. The van der Waals surface area contributed by atoms with Gasteiger partial charge in [0.15, 0.2) is 11.6 Å². The molecule has 8 heteroatoms. The van der Waals surface area contributed by atoms with Crippen LogP contribution in [0.4, 0.5) is 0 Å². The lowest BCUT2D eigenvalue weighted by Crippen LogP contribution is -2.27. The second-order valence-electron chi connectivity index (χ2n) is 5.95.